The Labute approximate surface area is 103 Å². The van der Waals surface area contributed by atoms with Crippen LogP contribution in [0.3, 0.4) is 0 Å². The van der Waals surface area contributed by atoms with Crippen LogP contribution in [0.2, 0.25) is 0 Å². The third-order valence-corrected chi connectivity index (χ3v) is 3.76. The maximum Gasteiger partial charge on any atom is 0.0684 e. The number of aryl methyl sites for hydroxylation is 3. The summed E-state index contributed by atoms with van der Waals surface area (Å²) in [5.41, 5.74) is 9.06. The van der Waals surface area contributed by atoms with Crippen LogP contribution in [0.1, 0.15) is 27.9 Å². The number of rotatable bonds is 1. The molecule has 2 aromatic rings. The molecule has 0 bridgehead atoms. The van der Waals surface area contributed by atoms with Gasteiger partial charge in [0, 0.05) is 12.6 Å². The van der Waals surface area contributed by atoms with Gasteiger partial charge in [0.05, 0.1) is 11.4 Å². The van der Waals surface area contributed by atoms with Crippen molar-refractivity contribution in [2.24, 2.45) is 7.05 Å². The van der Waals surface area contributed by atoms with E-state index in [1.165, 1.54) is 33.5 Å². The maximum absolute atomic E-state index is 4.43. The first kappa shape index (κ1) is 11.9. The van der Waals surface area contributed by atoms with E-state index >= 15 is 0 Å². The maximum atomic E-state index is 4.43. The Hall–Kier alpha value is -1.57. The van der Waals surface area contributed by atoms with Crippen molar-refractivity contribution < 1.29 is 0 Å². The average molecular weight is 228 g/mol. The van der Waals surface area contributed by atoms with Gasteiger partial charge in [-0.15, -0.1) is 0 Å². The largest absolute Gasteiger partial charge is 0.268 e. The van der Waals surface area contributed by atoms with E-state index in [-0.39, 0.29) is 0 Å². The lowest BCUT2D eigenvalue weighted by Gasteiger charge is -2.14. The molecule has 17 heavy (non-hydrogen) atoms. The number of benzene rings is 1. The summed E-state index contributed by atoms with van der Waals surface area (Å²) in [6.45, 7) is 10.8. The Morgan fingerprint density at radius 3 is 2.06 bits per heavy atom. The minimum Gasteiger partial charge on any atom is -0.268 e. The van der Waals surface area contributed by atoms with Gasteiger partial charge in [0.15, 0.2) is 0 Å². The molecule has 0 unspecified atom stereocenters. The molecule has 0 aliphatic carbocycles. The van der Waals surface area contributed by atoms with Gasteiger partial charge < -0.3 is 0 Å². The highest BCUT2D eigenvalue weighted by Crippen LogP contribution is 2.29. The molecule has 1 aromatic carbocycles. The first-order valence-corrected chi connectivity index (χ1v) is 6.00. The molecule has 0 atom stereocenters. The summed E-state index contributed by atoms with van der Waals surface area (Å²) in [7, 11) is 2.01. The molecule has 0 amide bonds. The van der Waals surface area contributed by atoms with E-state index in [0.717, 1.165) is 5.69 Å². The third kappa shape index (κ3) is 1.88. The van der Waals surface area contributed by atoms with Gasteiger partial charge in [0.25, 0.3) is 0 Å². The molecule has 0 fully saturated rings. The van der Waals surface area contributed by atoms with Gasteiger partial charge >= 0.3 is 0 Å². The van der Waals surface area contributed by atoms with Crippen LogP contribution in [0.25, 0.3) is 11.3 Å². The van der Waals surface area contributed by atoms with Gasteiger partial charge in [0.1, 0.15) is 0 Å². The lowest BCUT2D eigenvalue weighted by molar-refractivity contribution is 0.763. The summed E-state index contributed by atoms with van der Waals surface area (Å²) in [6.07, 6.45) is 0. The van der Waals surface area contributed by atoms with Gasteiger partial charge in [-0.1, -0.05) is 0 Å². The molecule has 0 saturated heterocycles. The summed E-state index contributed by atoms with van der Waals surface area (Å²) in [4.78, 5) is 0. The molecule has 0 N–H and O–H groups in total. The van der Waals surface area contributed by atoms with Crippen molar-refractivity contribution in [2.75, 3.05) is 0 Å². The Kier molecular flexibility index (Phi) is 2.82. The van der Waals surface area contributed by atoms with Crippen LogP contribution in [0.4, 0.5) is 0 Å². The van der Waals surface area contributed by atoms with E-state index in [0.29, 0.717) is 0 Å². The average Bonchev–Trinajstić information content (AvgIpc) is 2.60. The van der Waals surface area contributed by atoms with Crippen LogP contribution < -0.4 is 0 Å². The highest BCUT2D eigenvalue weighted by Gasteiger charge is 2.12. The first-order chi connectivity index (χ1) is 7.91. The van der Waals surface area contributed by atoms with Crippen molar-refractivity contribution in [1.82, 2.24) is 9.78 Å². The molecule has 2 rings (SSSR count). The Balaban J connectivity index is 2.72. The molecule has 90 valence electrons. The molecule has 0 aliphatic rings. The fraction of sp³-hybridized carbons (Fsp3) is 0.400. The van der Waals surface area contributed by atoms with Crippen LogP contribution in [0.15, 0.2) is 12.1 Å². The summed E-state index contributed by atoms with van der Waals surface area (Å²) in [6, 6.07) is 4.42. The lowest BCUT2D eigenvalue weighted by Crippen LogP contribution is -1.99. The van der Waals surface area contributed by atoms with Crippen LogP contribution in [-0.2, 0) is 7.05 Å². The van der Waals surface area contributed by atoms with E-state index in [9.17, 15) is 0 Å². The fourth-order valence-corrected chi connectivity index (χ4v) is 2.34. The van der Waals surface area contributed by atoms with Crippen LogP contribution in [0.5, 0.6) is 0 Å². The molecule has 2 nitrogen and oxygen atoms in total. The van der Waals surface area contributed by atoms with Crippen molar-refractivity contribution in [1.29, 1.82) is 0 Å². The predicted octanol–water partition coefficient (Wildman–Crippen LogP) is 3.63. The van der Waals surface area contributed by atoms with Crippen molar-refractivity contribution in [2.45, 2.75) is 34.6 Å². The SMILES string of the molecule is Cc1cc(-c2cc(C)c(C)c(C)c2C)n(C)n1. The zero-order chi connectivity index (χ0) is 12.7. The first-order valence-electron chi connectivity index (χ1n) is 6.00. The van der Waals surface area contributed by atoms with Crippen molar-refractivity contribution in [3.8, 4) is 11.3 Å². The molecule has 0 spiro atoms. The highest BCUT2D eigenvalue weighted by molar-refractivity contribution is 5.68. The van der Waals surface area contributed by atoms with E-state index in [1.54, 1.807) is 0 Å². The zero-order valence-electron chi connectivity index (χ0n) is 11.5. The van der Waals surface area contributed by atoms with E-state index in [2.05, 4.69) is 44.9 Å². The lowest BCUT2D eigenvalue weighted by atomic mass is 9.93. The second kappa shape index (κ2) is 4.02. The van der Waals surface area contributed by atoms with Crippen LogP contribution in [-0.4, -0.2) is 9.78 Å². The minimum atomic E-state index is 1.07. The smallest absolute Gasteiger partial charge is 0.0684 e. The van der Waals surface area contributed by atoms with Gasteiger partial charge in [-0.05, 0) is 69.0 Å². The molecule has 1 heterocycles. The fourth-order valence-electron chi connectivity index (χ4n) is 2.34. The topological polar surface area (TPSA) is 17.8 Å². The summed E-state index contributed by atoms with van der Waals surface area (Å²) < 4.78 is 1.96. The van der Waals surface area contributed by atoms with Crippen molar-refractivity contribution in [3.63, 3.8) is 0 Å². The van der Waals surface area contributed by atoms with Gasteiger partial charge in [0.2, 0.25) is 0 Å². The Morgan fingerprint density at radius 1 is 0.882 bits per heavy atom. The predicted molar refractivity (Wildman–Crippen MR) is 72.3 cm³/mol. The standard InChI is InChI=1S/C15H20N2/c1-9-7-14(13(5)12(4)11(9)3)15-8-10(2)16-17(15)6/h7-8H,1-6H3. The molecule has 0 radical (unpaired) electrons. The van der Waals surface area contributed by atoms with Crippen LogP contribution in [0, 0.1) is 34.6 Å². The number of aromatic nitrogens is 2. The zero-order valence-corrected chi connectivity index (χ0v) is 11.5. The second-order valence-electron chi connectivity index (χ2n) is 4.91. The molecular weight excluding hydrogens is 208 g/mol. The van der Waals surface area contributed by atoms with Gasteiger partial charge in [-0.25, -0.2) is 0 Å². The van der Waals surface area contributed by atoms with Gasteiger partial charge in [-0.2, -0.15) is 5.10 Å². The third-order valence-electron chi connectivity index (χ3n) is 3.76. The number of hydrogen-bond donors (Lipinski definition) is 0. The van der Waals surface area contributed by atoms with Gasteiger partial charge in [-0.3, -0.25) is 4.68 Å². The quantitative estimate of drug-likeness (QED) is 0.728. The summed E-state index contributed by atoms with van der Waals surface area (Å²) in [5.74, 6) is 0. The minimum absolute atomic E-state index is 1.07. The Bertz CT molecular complexity index is 577. The number of nitrogens with zero attached hydrogens (tertiary/aromatic N) is 2. The second-order valence-corrected chi connectivity index (χ2v) is 4.91. The monoisotopic (exact) mass is 228 g/mol. The molecule has 0 saturated carbocycles. The van der Waals surface area contributed by atoms with Crippen LogP contribution >= 0.6 is 0 Å². The van der Waals surface area contributed by atoms with Crippen molar-refractivity contribution in [3.05, 3.63) is 40.1 Å². The molecule has 2 heteroatoms. The Morgan fingerprint density at radius 2 is 1.53 bits per heavy atom. The van der Waals surface area contributed by atoms with E-state index in [4.69, 9.17) is 0 Å². The number of hydrogen-bond acceptors (Lipinski definition) is 1. The summed E-state index contributed by atoms with van der Waals surface area (Å²) in [5, 5.41) is 4.43. The highest BCUT2D eigenvalue weighted by atomic mass is 15.3. The normalized spacial score (nSPS) is 10.9. The summed E-state index contributed by atoms with van der Waals surface area (Å²) >= 11 is 0. The van der Waals surface area contributed by atoms with Crippen molar-refractivity contribution >= 4 is 0 Å². The van der Waals surface area contributed by atoms with E-state index < -0.39 is 0 Å². The molecule has 0 aliphatic heterocycles. The molecular formula is C15H20N2. The molecule has 1 aromatic heterocycles. The van der Waals surface area contributed by atoms with E-state index in [1.807, 2.05) is 18.7 Å².